The van der Waals surface area contributed by atoms with Gasteiger partial charge in [0.1, 0.15) is 16.5 Å². The second-order valence-electron chi connectivity index (χ2n) is 2.31. The maximum Gasteiger partial charge on any atom is 0.338 e. The molecule has 0 aliphatic heterocycles. The van der Waals surface area contributed by atoms with E-state index in [4.69, 9.17) is 16.3 Å². The first-order valence-corrected chi connectivity index (χ1v) is 4.12. The summed E-state index contributed by atoms with van der Waals surface area (Å²) in [5.41, 5.74) is -0.866. The smallest absolute Gasteiger partial charge is 0.338 e. The number of ether oxygens (including phenoxy) is 1. The number of hydrogen-bond acceptors (Lipinski definition) is 3. The highest BCUT2D eigenvalue weighted by Crippen LogP contribution is 2.22. The Labute approximate surface area is 83.7 Å². The average Bonchev–Trinajstić information content (AvgIpc) is 2.01. The van der Waals surface area contributed by atoms with Crippen LogP contribution in [0.3, 0.4) is 0 Å². The Hall–Kier alpha value is -1.23. The van der Waals surface area contributed by atoms with E-state index in [0.717, 1.165) is 6.07 Å². The molecular formula is C8H6ClF2NO2. The van der Waals surface area contributed by atoms with Gasteiger partial charge in [-0.25, -0.2) is 9.37 Å². The van der Waals surface area contributed by atoms with Crippen LogP contribution in [0.4, 0.5) is 8.78 Å². The van der Waals surface area contributed by atoms with Gasteiger partial charge in [0.15, 0.2) is 0 Å². The highest BCUT2D eigenvalue weighted by atomic mass is 35.5. The van der Waals surface area contributed by atoms with Crippen molar-refractivity contribution in [2.24, 2.45) is 0 Å². The molecule has 0 fully saturated rings. The van der Waals surface area contributed by atoms with E-state index >= 15 is 0 Å². The minimum atomic E-state index is -1.96. The van der Waals surface area contributed by atoms with Gasteiger partial charge in [0, 0.05) is 6.07 Å². The van der Waals surface area contributed by atoms with Gasteiger partial charge in [-0.3, -0.25) is 4.79 Å². The predicted molar refractivity (Wildman–Crippen MR) is 45.8 cm³/mol. The number of carbonyl (C=O) groups is 1. The molecular weight excluding hydrogens is 216 g/mol. The van der Waals surface area contributed by atoms with Crippen LogP contribution in [0, 0.1) is 5.82 Å². The third-order valence-corrected chi connectivity index (χ3v) is 1.67. The topological polar surface area (TPSA) is 39.2 Å². The van der Waals surface area contributed by atoms with Crippen LogP contribution in [0.1, 0.15) is 17.3 Å². The fourth-order valence-electron chi connectivity index (χ4n) is 0.861. The van der Waals surface area contributed by atoms with E-state index < -0.39 is 22.6 Å². The maximum atomic E-state index is 13.0. The van der Waals surface area contributed by atoms with Crippen molar-refractivity contribution in [2.75, 3.05) is 6.61 Å². The van der Waals surface area contributed by atoms with Gasteiger partial charge >= 0.3 is 6.04 Å². The van der Waals surface area contributed by atoms with Crippen LogP contribution >= 0.6 is 11.6 Å². The Morgan fingerprint density at radius 3 is 2.79 bits per heavy atom. The summed E-state index contributed by atoms with van der Waals surface area (Å²) in [6.45, 7) is 1.94. The minimum Gasteiger partial charge on any atom is -0.478 e. The Morgan fingerprint density at radius 2 is 2.36 bits per heavy atom. The lowest BCUT2D eigenvalue weighted by molar-refractivity contribution is 0.0831. The van der Waals surface area contributed by atoms with E-state index in [0.29, 0.717) is 0 Å². The fourth-order valence-corrected chi connectivity index (χ4v) is 1.11. The lowest BCUT2D eigenvalue weighted by Gasteiger charge is -2.04. The molecule has 0 saturated heterocycles. The first-order chi connectivity index (χ1) is 6.56. The zero-order valence-corrected chi connectivity index (χ0v) is 7.94. The molecule has 0 saturated carbocycles. The van der Waals surface area contributed by atoms with Crippen molar-refractivity contribution in [3.8, 4) is 5.88 Å². The monoisotopic (exact) mass is 221 g/mol. The van der Waals surface area contributed by atoms with Crippen molar-refractivity contribution in [1.29, 1.82) is 0 Å². The normalized spacial score (nSPS) is 10.0. The van der Waals surface area contributed by atoms with Crippen molar-refractivity contribution in [3.63, 3.8) is 0 Å². The summed E-state index contributed by atoms with van der Waals surface area (Å²) in [7, 11) is 0. The zero-order valence-electron chi connectivity index (χ0n) is 7.18. The second-order valence-corrected chi connectivity index (χ2v) is 2.67. The van der Waals surface area contributed by atoms with Crippen molar-refractivity contribution in [1.82, 2.24) is 4.98 Å². The van der Waals surface area contributed by atoms with E-state index in [-0.39, 0.29) is 12.5 Å². The van der Waals surface area contributed by atoms with Crippen LogP contribution in [0.15, 0.2) is 6.07 Å². The SMILES string of the molecule is CCOc1cc(F)c(C(=O)F)c(Cl)n1. The van der Waals surface area contributed by atoms with Gasteiger partial charge in [0.05, 0.1) is 6.61 Å². The number of rotatable bonds is 3. The van der Waals surface area contributed by atoms with Crippen molar-refractivity contribution >= 4 is 17.6 Å². The van der Waals surface area contributed by atoms with Gasteiger partial charge in [0.2, 0.25) is 5.88 Å². The molecule has 0 aliphatic rings. The molecule has 1 heterocycles. The molecule has 0 unspecified atom stereocenters. The van der Waals surface area contributed by atoms with Crippen LogP contribution in [0.2, 0.25) is 5.15 Å². The maximum absolute atomic E-state index is 13.0. The van der Waals surface area contributed by atoms with E-state index in [1.807, 2.05) is 0 Å². The molecule has 0 aliphatic carbocycles. The van der Waals surface area contributed by atoms with Gasteiger partial charge in [-0.15, -0.1) is 0 Å². The van der Waals surface area contributed by atoms with E-state index in [1.54, 1.807) is 6.92 Å². The number of nitrogens with zero attached hydrogens (tertiary/aromatic N) is 1. The summed E-state index contributed by atoms with van der Waals surface area (Å²) in [6, 6.07) is -1.15. The highest BCUT2D eigenvalue weighted by molar-refractivity contribution is 6.32. The molecule has 1 aromatic heterocycles. The zero-order chi connectivity index (χ0) is 10.7. The molecule has 0 atom stereocenters. The first-order valence-electron chi connectivity index (χ1n) is 3.75. The second kappa shape index (κ2) is 4.32. The molecule has 0 spiro atoms. The Balaban J connectivity index is 3.18. The lowest BCUT2D eigenvalue weighted by atomic mass is 10.3. The van der Waals surface area contributed by atoms with Crippen LogP contribution in [0.25, 0.3) is 0 Å². The molecule has 0 N–H and O–H groups in total. The van der Waals surface area contributed by atoms with Gasteiger partial charge in [-0.1, -0.05) is 11.6 Å². The number of hydrogen-bond donors (Lipinski definition) is 0. The fraction of sp³-hybridized carbons (Fsp3) is 0.250. The Morgan fingerprint density at radius 1 is 1.71 bits per heavy atom. The molecule has 76 valence electrons. The molecule has 0 aromatic carbocycles. The van der Waals surface area contributed by atoms with Crippen molar-refractivity contribution < 1.29 is 18.3 Å². The number of pyridine rings is 1. The molecule has 6 heteroatoms. The number of aromatic nitrogens is 1. The summed E-state index contributed by atoms with van der Waals surface area (Å²) < 4.78 is 30.1. The van der Waals surface area contributed by atoms with Gasteiger partial charge < -0.3 is 4.74 Å². The van der Waals surface area contributed by atoms with E-state index in [1.165, 1.54) is 0 Å². The third-order valence-electron chi connectivity index (χ3n) is 1.39. The lowest BCUT2D eigenvalue weighted by Crippen LogP contribution is -2.02. The summed E-state index contributed by atoms with van der Waals surface area (Å²) in [6.07, 6.45) is 0. The first kappa shape index (κ1) is 10.8. The van der Waals surface area contributed by atoms with Gasteiger partial charge in [-0.2, -0.15) is 4.39 Å². The standard InChI is InChI=1S/C8H6ClF2NO2/c1-2-14-5-3-4(10)6(8(11)13)7(9)12-5/h3H,2H2,1H3. The Bertz CT molecular complexity index is 347. The molecule has 1 rings (SSSR count). The van der Waals surface area contributed by atoms with Gasteiger partial charge in [-0.05, 0) is 6.92 Å². The predicted octanol–water partition coefficient (Wildman–Crippen LogP) is 2.38. The summed E-state index contributed by atoms with van der Waals surface area (Å²) in [5.74, 6) is -1.17. The third kappa shape index (κ3) is 2.17. The minimum absolute atomic E-state index is 0.0833. The number of halogens is 3. The molecule has 0 bridgehead atoms. The van der Waals surface area contributed by atoms with Crippen LogP contribution in [-0.2, 0) is 0 Å². The molecule has 1 aromatic rings. The molecule has 14 heavy (non-hydrogen) atoms. The van der Waals surface area contributed by atoms with Crippen molar-refractivity contribution in [3.05, 3.63) is 22.6 Å². The van der Waals surface area contributed by atoms with Crippen LogP contribution < -0.4 is 4.74 Å². The van der Waals surface area contributed by atoms with Crippen LogP contribution in [-0.4, -0.2) is 17.6 Å². The Kier molecular flexibility index (Phi) is 3.35. The molecule has 3 nitrogen and oxygen atoms in total. The van der Waals surface area contributed by atoms with Crippen LogP contribution in [0.5, 0.6) is 5.88 Å². The van der Waals surface area contributed by atoms with E-state index in [9.17, 15) is 13.6 Å². The average molecular weight is 222 g/mol. The van der Waals surface area contributed by atoms with Gasteiger partial charge in [0.25, 0.3) is 0 Å². The number of carbonyl (C=O) groups excluding carboxylic acids is 1. The summed E-state index contributed by atoms with van der Waals surface area (Å²) in [4.78, 5) is 13.8. The summed E-state index contributed by atoms with van der Waals surface area (Å²) >= 11 is 5.37. The largest absolute Gasteiger partial charge is 0.478 e. The molecule has 0 amide bonds. The van der Waals surface area contributed by atoms with Crippen molar-refractivity contribution in [2.45, 2.75) is 6.92 Å². The molecule has 0 radical (unpaired) electrons. The summed E-state index contributed by atoms with van der Waals surface area (Å²) in [5, 5.41) is -0.541. The quantitative estimate of drug-likeness (QED) is 0.581. The highest BCUT2D eigenvalue weighted by Gasteiger charge is 2.18. The van der Waals surface area contributed by atoms with E-state index in [2.05, 4.69) is 4.98 Å².